The average molecular weight is 336 g/mol. The summed E-state index contributed by atoms with van der Waals surface area (Å²) in [4.78, 5) is 9.60. The van der Waals surface area contributed by atoms with Crippen LogP contribution >= 0.6 is 10.7 Å². The molecule has 9 heteroatoms. The van der Waals surface area contributed by atoms with Gasteiger partial charge in [-0.25, -0.2) is 8.42 Å². The van der Waals surface area contributed by atoms with Gasteiger partial charge in [0.1, 0.15) is 17.3 Å². The number of hydrogen-bond donors (Lipinski definition) is 0. The topological polar surface area (TPSA) is 95.7 Å². The Morgan fingerprint density at radius 3 is 2.76 bits per heavy atom. The minimum absolute atomic E-state index is 0.00947. The van der Waals surface area contributed by atoms with Crippen molar-refractivity contribution in [2.24, 2.45) is 0 Å². The Bertz CT molecular complexity index is 627. The predicted molar refractivity (Wildman–Crippen MR) is 75.2 cm³/mol. The number of nitro groups is 1. The molecule has 1 fully saturated rings. The van der Waals surface area contributed by atoms with Crippen LogP contribution in [0.25, 0.3) is 0 Å². The highest BCUT2D eigenvalue weighted by atomic mass is 35.7. The molecule has 21 heavy (non-hydrogen) atoms. The summed E-state index contributed by atoms with van der Waals surface area (Å²) in [6.07, 6.45) is 2.74. The van der Waals surface area contributed by atoms with Gasteiger partial charge in [0.2, 0.25) is 0 Å². The van der Waals surface area contributed by atoms with Crippen LogP contribution in [0.3, 0.4) is 0 Å². The fraction of sp³-hybridized carbons (Fsp3) is 0.500. The molecule has 1 atom stereocenters. The largest absolute Gasteiger partial charge is 0.489 e. The van der Waals surface area contributed by atoms with Crippen LogP contribution in [0.5, 0.6) is 5.75 Å². The minimum Gasteiger partial charge on any atom is -0.489 e. The smallest absolute Gasteiger partial charge is 0.271 e. The van der Waals surface area contributed by atoms with E-state index in [4.69, 9.17) is 20.2 Å². The summed E-state index contributed by atoms with van der Waals surface area (Å²) in [5, 5.41) is 10.7. The van der Waals surface area contributed by atoms with Gasteiger partial charge in [-0.05, 0) is 25.3 Å². The van der Waals surface area contributed by atoms with Crippen LogP contribution in [0.4, 0.5) is 5.69 Å². The van der Waals surface area contributed by atoms with Gasteiger partial charge in [0.15, 0.2) is 0 Å². The maximum absolute atomic E-state index is 11.5. The quantitative estimate of drug-likeness (QED) is 0.466. The van der Waals surface area contributed by atoms with Crippen LogP contribution in [0, 0.1) is 10.1 Å². The monoisotopic (exact) mass is 335 g/mol. The zero-order chi connectivity index (χ0) is 15.5. The molecule has 1 unspecified atom stereocenters. The number of halogens is 1. The van der Waals surface area contributed by atoms with Crippen molar-refractivity contribution >= 4 is 25.4 Å². The van der Waals surface area contributed by atoms with Crippen molar-refractivity contribution in [1.82, 2.24) is 0 Å². The van der Waals surface area contributed by atoms with Crippen LogP contribution in [0.2, 0.25) is 0 Å². The van der Waals surface area contributed by atoms with Gasteiger partial charge in [0.05, 0.1) is 11.0 Å². The van der Waals surface area contributed by atoms with Crippen LogP contribution in [0.1, 0.15) is 19.3 Å². The highest BCUT2D eigenvalue weighted by Gasteiger charge is 2.23. The Morgan fingerprint density at radius 1 is 1.43 bits per heavy atom. The van der Waals surface area contributed by atoms with Crippen molar-refractivity contribution < 1.29 is 22.8 Å². The number of ether oxygens (including phenoxy) is 2. The van der Waals surface area contributed by atoms with Gasteiger partial charge in [-0.2, -0.15) is 0 Å². The van der Waals surface area contributed by atoms with Gasteiger partial charge in [0.25, 0.3) is 14.7 Å². The average Bonchev–Trinajstić information content (AvgIpc) is 2.45. The molecule has 0 aliphatic carbocycles. The van der Waals surface area contributed by atoms with E-state index in [0.717, 1.165) is 25.3 Å². The van der Waals surface area contributed by atoms with Gasteiger partial charge < -0.3 is 9.47 Å². The summed E-state index contributed by atoms with van der Waals surface area (Å²) < 4.78 is 33.9. The molecule has 0 radical (unpaired) electrons. The second-order valence-corrected chi connectivity index (χ2v) is 7.16. The third-order valence-electron chi connectivity index (χ3n) is 3.10. The molecule has 0 bridgehead atoms. The van der Waals surface area contributed by atoms with Crippen LogP contribution in [-0.4, -0.2) is 32.7 Å². The molecule has 0 spiro atoms. The van der Waals surface area contributed by atoms with Gasteiger partial charge >= 0.3 is 0 Å². The molecular formula is C12H14ClNO6S. The van der Waals surface area contributed by atoms with E-state index >= 15 is 0 Å². The van der Waals surface area contributed by atoms with Gasteiger partial charge in [0, 0.05) is 29.4 Å². The maximum Gasteiger partial charge on any atom is 0.271 e. The zero-order valence-corrected chi connectivity index (χ0v) is 12.6. The summed E-state index contributed by atoms with van der Waals surface area (Å²) in [6, 6.07) is 3.29. The molecule has 1 aliphatic rings. The molecule has 0 amide bonds. The molecule has 1 aromatic rings. The third kappa shape index (κ3) is 4.29. The van der Waals surface area contributed by atoms with Gasteiger partial charge in [-0.15, -0.1) is 0 Å². The van der Waals surface area contributed by atoms with E-state index < -0.39 is 18.9 Å². The molecule has 2 rings (SSSR count). The number of non-ortho nitro benzene ring substituents is 1. The molecule has 1 heterocycles. The van der Waals surface area contributed by atoms with E-state index in [1.165, 1.54) is 12.1 Å². The molecule has 1 saturated heterocycles. The Morgan fingerprint density at radius 2 is 2.19 bits per heavy atom. The van der Waals surface area contributed by atoms with Crippen LogP contribution in [0.15, 0.2) is 23.1 Å². The maximum atomic E-state index is 11.5. The summed E-state index contributed by atoms with van der Waals surface area (Å²) in [7, 11) is 1.16. The second kappa shape index (κ2) is 6.59. The van der Waals surface area contributed by atoms with E-state index in [9.17, 15) is 18.5 Å². The molecule has 0 N–H and O–H groups in total. The highest BCUT2D eigenvalue weighted by molar-refractivity contribution is 8.13. The number of hydrogen-bond acceptors (Lipinski definition) is 6. The Labute approximate surface area is 126 Å². The number of nitro benzene ring substituents is 1. The summed E-state index contributed by atoms with van der Waals surface area (Å²) in [5.41, 5.74) is -0.365. The molecular weight excluding hydrogens is 322 g/mol. The molecule has 0 aromatic heterocycles. The fourth-order valence-corrected chi connectivity index (χ4v) is 3.03. The first-order valence-electron chi connectivity index (χ1n) is 6.35. The fourth-order valence-electron chi connectivity index (χ4n) is 2.04. The van der Waals surface area contributed by atoms with E-state index in [0.29, 0.717) is 6.61 Å². The Hall–Kier alpha value is -1.38. The van der Waals surface area contributed by atoms with Crippen LogP contribution in [-0.2, 0) is 13.8 Å². The first-order chi connectivity index (χ1) is 9.88. The molecule has 0 saturated carbocycles. The van der Waals surface area contributed by atoms with Crippen molar-refractivity contribution in [3.63, 3.8) is 0 Å². The summed E-state index contributed by atoms with van der Waals surface area (Å²) >= 11 is 0. The second-order valence-electron chi connectivity index (χ2n) is 4.63. The van der Waals surface area contributed by atoms with E-state index in [2.05, 4.69) is 0 Å². The SMILES string of the molecule is O=[N+]([O-])c1ccc(OCC2CCCCO2)c(S(=O)(=O)Cl)c1. The molecule has 116 valence electrons. The molecule has 1 aromatic carbocycles. The van der Waals surface area contributed by atoms with Crippen molar-refractivity contribution in [2.75, 3.05) is 13.2 Å². The van der Waals surface area contributed by atoms with E-state index in [-0.39, 0.29) is 24.1 Å². The van der Waals surface area contributed by atoms with Crippen LogP contribution < -0.4 is 4.74 Å². The number of benzene rings is 1. The Kier molecular flexibility index (Phi) is 5.02. The third-order valence-corrected chi connectivity index (χ3v) is 4.44. The van der Waals surface area contributed by atoms with Crippen molar-refractivity contribution in [3.8, 4) is 5.75 Å². The summed E-state index contributed by atoms with van der Waals surface area (Å²) in [6.45, 7) is 0.826. The van der Waals surface area contributed by atoms with Crippen molar-refractivity contribution in [3.05, 3.63) is 28.3 Å². The van der Waals surface area contributed by atoms with E-state index in [1.54, 1.807) is 0 Å². The molecule has 1 aliphatic heterocycles. The number of nitrogens with zero attached hydrogens (tertiary/aromatic N) is 1. The lowest BCUT2D eigenvalue weighted by Crippen LogP contribution is -2.26. The van der Waals surface area contributed by atoms with Gasteiger partial charge in [-0.3, -0.25) is 10.1 Å². The normalized spacial score (nSPS) is 19.2. The highest BCUT2D eigenvalue weighted by Crippen LogP contribution is 2.31. The lowest BCUT2D eigenvalue weighted by molar-refractivity contribution is -0.385. The lowest BCUT2D eigenvalue weighted by atomic mass is 10.1. The first kappa shape index (κ1) is 16.0. The lowest BCUT2D eigenvalue weighted by Gasteiger charge is -2.22. The standard InChI is InChI=1S/C12H14ClNO6S/c13-21(17,18)12-7-9(14(15)16)4-5-11(12)20-8-10-3-1-2-6-19-10/h4-5,7,10H,1-3,6,8H2. The molecule has 7 nitrogen and oxygen atoms in total. The summed E-state index contributed by atoms with van der Waals surface area (Å²) in [5.74, 6) is -0.00947. The zero-order valence-electron chi connectivity index (χ0n) is 11.0. The van der Waals surface area contributed by atoms with Crippen molar-refractivity contribution in [2.45, 2.75) is 30.3 Å². The van der Waals surface area contributed by atoms with E-state index in [1.807, 2.05) is 0 Å². The van der Waals surface area contributed by atoms with Gasteiger partial charge in [-0.1, -0.05) is 0 Å². The predicted octanol–water partition coefficient (Wildman–Crippen LogP) is 2.47. The Balaban J connectivity index is 2.19. The number of rotatable bonds is 5. The minimum atomic E-state index is -4.14. The first-order valence-corrected chi connectivity index (χ1v) is 8.66. The van der Waals surface area contributed by atoms with Crippen molar-refractivity contribution in [1.29, 1.82) is 0 Å².